The molecule has 0 N–H and O–H groups in total. The van der Waals surface area contributed by atoms with Gasteiger partial charge in [0.05, 0.1) is 5.88 Å². The molecule has 0 saturated heterocycles. The fourth-order valence-electron chi connectivity index (χ4n) is 2.49. The second kappa shape index (κ2) is 5.22. The Morgan fingerprint density at radius 3 is 2.74 bits per heavy atom. The van der Waals surface area contributed by atoms with Crippen LogP contribution in [0.1, 0.15) is 23.1 Å². The van der Waals surface area contributed by atoms with E-state index in [1.807, 2.05) is 6.07 Å². The third-order valence-electron chi connectivity index (χ3n) is 3.46. The molecule has 1 aliphatic carbocycles. The summed E-state index contributed by atoms with van der Waals surface area (Å²) in [5.41, 5.74) is 3.43. The van der Waals surface area contributed by atoms with Gasteiger partial charge in [-0.3, -0.25) is 0 Å². The van der Waals surface area contributed by atoms with E-state index in [-0.39, 0.29) is 11.7 Å². The van der Waals surface area contributed by atoms with E-state index in [0.29, 0.717) is 11.3 Å². The third kappa shape index (κ3) is 2.59. The molecule has 98 valence electrons. The lowest BCUT2D eigenvalue weighted by molar-refractivity contribution is 0.475. The van der Waals surface area contributed by atoms with Crippen molar-refractivity contribution in [2.45, 2.75) is 25.1 Å². The zero-order valence-corrected chi connectivity index (χ0v) is 11.2. The highest BCUT2D eigenvalue weighted by atomic mass is 35.5. The lowest BCUT2D eigenvalue weighted by Gasteiger charge is -2.11. The molecule has 3 rings (SSSR count). The average molecular weight is 277 g/mol. The summed E-state index contributed by atoms with van der Waals surface area (Å²) in [5.74, 6) is 1.35. The lowest BCUT2D eigenvalue weighted by atomic mass is 10.1. The van der Waals surface area contributed by atoms with Crippen LogP contribution >= 0.6 is 11.6 Å². The summed E-state index contributed by atoms with van der Waals surface area (Å²) in [6, 6.07) is 10.6. The number of fused-ring (bicyclic) bond motifs is 1. The van der Waals surface area contributed by atoms with Gasteiger partial charge in [-0.1, -0.05) is 6.07 Å². The molecule has 0 aromatic heterocycles. The molecule has 1 aliphatic rings. The first kappa shape index (κ1) is 12.5. The molecule has 0 heterocycles. The topological polar surface area (TPSA) is 9.23 Å². The number of ether oxygens (including phenoxy) is 1. The number of halogens is 2. The Kier molecular flexibility index (Phi) is 3.43. The molecule has 2 aromatic carbocycles. The van der Waals surface area contributed by atoms with Gasteiger partial charge in [-0.25, -0.2) is 4.39 Å². The number of benzene rings is 2. The van der Waals surface area contributed by atoms with Gasteiger partial charge in [-0.15, -0.1) is 11.6 Å². The highest BCUT2D eigenvalue weighted by Crippen LogP contribution is 2.31. The predicted molar refractivity (Wildman–Crippen MR) is 74.5 cm³/mol. The number of hydrogen-bond donors (Lipinski definition) is 0. The van der Waals surface area contributed by atoms with Crippen LogP contribution < -0.4 is 4.74 Å². The van der Waals surface area contributed by atoms with E-state index in [1.165, 1.54) is 29.7 Å². The Morgan fingerprint density at radius 2 is 1.89 bits per heavy atom. The van der Waals surface area contributed by atoms with Gasteiger partial charge in [0.25, 0.3) is 0 Å². The first-order valence-electron chi connectivity index (χ1n) is 6.40. The number of hydrogen-bond acceptors (Lipinski definition) is 1. The SMILES string of the molecule is Fc1ccc(Oc2ccc3c(c2)CCC3)c(CCl)c1. The van der Waals surface area contributed by atoms with Crippen molar-refractivity contribution in [1.82, 2.24) is 0 Å². The maximum absolute atomic E-state index is 13.1. The zero-order chi connectivity index (χ0) is 13.2. The average Bonchev–Trinajstić information content (AvgIpc) is 2.88. The summed E-state index contributed by atoms with van der Waals surface area (Å²) >= 11 is 5.82. The van der Waals surface area contributed by atoms with Gasteiger partial charge in [0.1, 0.15) is 17.3 Å². The second-order valence-electron chi connectivity index (χ2n) is 4.77. The quantitative estimate of drug-likeness (QED) is 0.729. The molecule has 0 unspecified atom stereocenters. The second-order valence-corrected chi connectivity index (χ2v) is 5.04. The van der Waals surface area contributed by atoms with Gasteiger partial charge in [-0.2, -0.15) is 0 Å². The lowest BCUT2D eigenvalue weighted by Crippen LogP contribution is -1.92. The largest absolute Gasteiger partial charge is 0.457 e. The summed E-state index contributed by atoms with van der Waals surface area (Å²) in [6.45, 7) is 0. The van der Waals surface area contributed by atoms with Crippen molar-refractivity contribution >= 4 is 11.6 Å². The van der Waals surface area contributed by atoms with Gasteiger partial charge >= 0.3 is 0 Å². The maximum atomic E-state index is 13.1. The van der Waals surface area contributed by atoms with E-state index < -0.39 is 0 Å². The number of alkyl halides is 1. The molecule has 3 heteroatoms. The monoisotopic (exact) mass is 276 g/mol. The highest BCUT2D eigenvalue weighted by molar-refractivity contribution is 6.17. The van der Waals surface area contributed by atoms with E-state index in [4.69, 9.17) is 16.3 Å². The zero-order valence-electron chi connectivity index (χ0n) is 10.5. The van der Waals surface area contributed by atoms with Crippen molar-refractivity contribution < 1.29 is 9.13 Å². The fourth-order valence-corrected chi connectivity index (χ4v) is 2.70. The van der Waals surface area contributed by atoms with E-state index in [9.17, 15) is 4.39 Å². The van der Waals surface area contributed by atoms with Crippen LogP contribution in [0, 0.1) is 5.82 Å². The van der Waals surface area contributed by atoms with Crippen molar-refractivity contribution in [2.75, 3.05) is 0 Å². The standard InChI is InChI=1S/C16H14ClFO/c17-10-13-8-14(18)5-7-16(13)19-15-6-4-11-2-1-3-12(11)9-15/h4-9H,1-3,10H2. The van der Waals surface area contributed by atoms with Gasteiger partial charge in [0.15, 0.2) is 0 Å². The van der Waals surface area contributed by atoms with Crippen LogP contribution in [0.3, 0.4) is 0 Å². The summed E-state index contributed by atoms with van der Waals surface area (Å²) < 4.78 is 19.0. The number of aryl methyl sites for hydroxylation is 2. The van der Waals surface area contributed by atoms with Crippen LogP contribution in [-0.2, 0) is 18.7 Å². The first-order valence-corrected chi connectivity index (χ1v) is 6.94. The van der Waals surface area contributed by atoms with Crippen molar-refractivity contribution in [3.63, 3.8) is 0 Å². The molecule has 0 spiro atoms. The molecular weight excluding hydrogens is 263 g/mol. The smallest absolute Gasteiger partial charge is 0.132 e. The maximum Gasteiger partial charge on any atom is 0.132 e. The van der Waals surface area contributed by atoms with Gasteiger partial charge in [-0.05, 0) is 60.7 Å². The molecule has 0 amide bonds. The van der Waals surface area contributed by atoms with Crippen LogP contribution in [0.4, 0.5) is 4.39 Å². The third-order valence-corrected chi connectivity index (χ3v) is 3.75. The van der Waals surface area contributed by atoms with Crippen LogP contribution in [0.2, 0.25) is 0 Å². The first-order chi connectivity index (χ1) is 9.26. The number of rotatable bonds is 3. The van der Waals surface area contributed by atoms with Crippen LogP contribution in [0.25, 0.3) is 0 Å². The Morgan fingerprint density at radius 1 is 1.05 bits per heavy atom. The minimum atomic E-state index is -0.294. The molecular formula is C16H14ClFO. The molecule has 0 bridgehead atoms. The van der Waals surface area contributed by atoms with E-state index in [1.54, 1.807) is 6.07 Å². The van der Waals surface area contributed by atoms with Crippen LogP contribution in [0.15, 0.2) is 36.4 Å². The molecule has 0 atom stereocenters. The molecule has 0 saturated carbocycles. The van der Waals surface area contributed by atoms with Crippen LogP contribution in [0.5, 0.6) is 11.5 Å². The molecule has 2 aromatic rings. The summed E-state index contributed by atoms with van der Waals surface area (Å²) in [7, 11) is 0. The molecule has 0 fully saturated rings. The summed E-state index contributed by atoms with van der Waals surface area (Å²) in [6.07, 6.45) is 3.47. The Labute approximate surface area is 117 Å². The summed E-state index contributed by atoms with van der Waals surface area (Å²) in [4.78, 5) is 0. The predicted octanol–water partition coefficient (Wildman–Crippen LogP) is 4.85. The van der Waals surface area contributed by atoms with E-state index >= 15 is 0 Å². The van der Waals surface area contributed by atoms with Crippen molar-refractivity contribution in [2.24, 2.45) is 0 Å². The van der Waals surface area contributed by atoms with E-state index in [0.717, 1.165) is 18.6 Å². The Hall–Kier alpha value is -1.54. The molecule has 1 nitrogen and oxygen atoms in total. The minimum Gasteiger partial charge on any atom is -0.457 e. The molecule has 0 aliphatic heterocycles. The van der Waals surface area contributed by atoms with Gasteiger partial charge in [0.2, 0.25) is 0 Å². The molecule has 0 radical (unpaired) electrons. The highest BCUT2D eigenvalue weighted by Gasteiger charge is 2.12. The Balaban J connectivity index is 1.89. The fraction of sp³-hybridized carbons (Fsp3) is 0.250. The van der Waals surface area contributed by atoms with Gasteiger partial charge < -0.3 is 4.74 Å². The Bertz CT molecular complexity index is 610. The van der Waals surface area contributed by atoms with Crippen molar-refractivity contribution in [1.29, 1.82) is 0 Å². The van der Waals surface area contributed by atoms with E-state index in [2.05, 4.69) is 12.1 Å². The normalized spacial score (nSPS) is 13.4. The van der Waals surface area contributed by atoms with Crippen molar-refractivity contribution in [3.8, 4) is 11.5 Å². The van der Waals surface area contributed by atoms with Crippen LogP contribution in [-0.4, -0.2) is 0 Å². The van der Waals surface area contributed by atoms with Crippen molar-refractivity contribution in [3.05, 3.63) is 58.9 Å². The van der Waals surface area contributed by atoms with Gasteiger partial charge in [0, 0.05) is 5.56 Å². The minimum absolute atomic E-state index is 0.234. The summed E-state index contributed by atoms with van der Waals surface area (Å²) in [5, 5.41) is 0. The molecule has 19 heavy (non-hydrogen) atoms.